The highest BCUT2D eigenvalue weighted by Crippen LogP contribution is 2.29. The first-order valence-electron chi connectivity index (χ1n) is 9.70. The van der Waals surface area contributed by atoms with E-state index in [1.807, 2.05) is 6.07 Å². The summed E-state index contributed by atoms with van der Waals surface area (Å²) in [4.78, 5) is 17.2. The molecule has 0 unspecified atom stereocenters. The number of halogens is 1. The summed E-state index contributed by atoms with van der Waals surface area (Å²) in [5.41, 5.74) is 1.50. The summed E-state index contributed by atoms with van der Waals surface area (Å²) in [6.07, 6.45) is 2.99. The number of aliphatic hydroxyl groups is 1. The Labute approximate surface area is 159 Å². The summed E-state index contributed by atoms with van der Waals surface area (Å²) in [7, 11) is 0. The van der Waals surface area contributed by atoms with Crippen molar-refractivity contribution < 1.29 is 14.3 Å². The Morgan fingerprint density at radius 1 is 0.926 bits per heavy atom. The normalized spacial score (nSPS) is 23.6. The van der Waals surface area contributed by atoms with Gasteiger partial charge in [-0.1, -0.05) is 42.8 Å². The Hall–Kier alpha value is -2.24. The molecule has 0 aromatic heterocycles. The molecule has 0 aliphatic carbocycles. The number of benzene rings is 2. The van der Waals surface area contributed by atoms with E-state index >= 15 is 0 Å². The van der Waals surface area contributed by atoms with Gasteiger partial charge >= 0.3 is 0 Å². The Bertz CT molecular complexity index is 819. The fourth-order valence-electron chi connectivity index (χ4n) is 4.30. The molecule has 0 spiro atoms. The van der Waals surface area contributed by atoms with Crippen molar-refractivity contribution >= 4 is 5.91 Å². The number of hydrogen-bond donors (Lipinski definition) is 1. The third kappa shape index (κ3) is 3.62. The molecule has 0 saturated carbocycles. The second-order valence-electron chi connectivity index (χ2n) is 7.47. The van der Waals surface area contributed by atoms with Crippen LogP contribution in [0.4, 0.5) is 4.39 Å². The number of hydrogen-bond acceptors (Lipinski definition) is 3. The Balaban J connectivity index is 1.58. The fourth-order valence-corrected chi connectivity index (χ4v) is 4.30. The summed E-state index contributed by atoms with van der Waals surface area (Å²) >= 11 is 0. The molecule has 2 fully saturated rings. The summed E-state index contributed by atoms with van der Waals surface area (Å²) < 4.78 is 14.3. The van der Waals surface area contributed by atoms with Crippen LogP contribution < -0.4 is 0 Å². The largest absolute Gasteiger partial charge is 0.390 e. The third-order valence-corrected chi connectivity index (χ3v) is 5.73. The van der Waals surface area contributed by atoms with Gasteiger partial charge in [0.25, 0.3) is 5.91 Å². The van der Waals surface area contributed by atoms with E-state index in [-0.39, 0.29) is 17.8 Å². The van der Waals surface area contributed by atoms with Crippen LogP contribution in [-0.4, -0.2) is 59.1 Å². The molecule has 0 bridgehead atoms. The summed E-state index contributed by atoms with van der Waals surface area (Å²) in [5.74, 6) is -0.488. The standard InChI is InChI=1S/C22H25FN2O2/c23-19-11-5-4-9-17(19)16-8-2-3-10-18(16)22(27)25-14-20(21(26)15-25)24-12-6-1-7-13-24/h2-5,8-11,20-21,26H,1,6-7,12-15H2/t20-,21-/m0/s1. The number of amides is 1. The summed E-state index contributed by atoms with van der Waals surface area (Å²) in [6, 6.07) is 13.6. The highest BCUT2D eigenvalue weighted by molar-refractivity contribution is 6.01. The van der Waals surface area contributed by atoms with E-state index in [1.54, 1.807) is 41.3 Å². The predicted octanol–water partition coefficient (Wildman–Crippen LogP) is 3.16. The van der Waals surface area contributed by atoms with Gasteiger partial charge in [-0.05, 0) is 43.6 Å². The van der Waals surface area contributed by atoms with Gasteiger partial charge in [0.2, 0.25) is 0 Å². The number of β-amino-alcohol motifs (C(OH)–C–C–N with tert-alkyl or cyclic N) is 1. The lowest BCUT2D eigenvalue weighted by molar-refractivity contribution is 0.0703. The van der Waals surface area contributed by atoms with Crippen molar-refractivity contribution in [2.45, 2.75) is 31.4 Å². The van der Waals surface area contributed by atoms with E-state index < -0.39 is 6.10 Å². The lowest BCUT2D eigenvalue weighted by Gasteiger charge is -2.33. The second-order valence-corrected chi connectivity index (χ2v) is 7.47. The smallest absolute Gasteiger partial charge is 0.254 e. The van der Waals surface area contributed by atoms with Crippen LogP contribution in [0.3, 0.4) is 0 Å². The van der Waals surface area contributed by atoms with Crippen LogP contribution >= 0.6 is 0 Å². The van der Waals surface area contributed by atoms with Crippen molar-refractivity contribution in [2.24, 2.45) is 0 Å². The van der Waals surface area contributed by atoms with Gasteiger partial charge in [-0.15, -0.1) is 0 Å². The fraction of sp³-hybridized carbons (Fsp3) is 0.409. The highest BCUT2D eigenvalue weighted by Gasteiger charge is 2.38. The van der Waals surface area contributed by atoms with Gasteiger partial charge in [-0.2, -0.15) is 0 Å². The van der Waals surface area contributed by atoms with Gasteiger partial charge in [0, 0.05) is 24.2 Å². The molecule has 2 aromatic rings. The first-order chi connectivity index (χ1) is 13.1. The minimum atomic E-state index is -0.535. The molecule has 1 amide bonds. The molecule has 4 rings (SSSR count). The molecule has 2 saturated heterocycles. The quantitative estimate of drug-likeness (QED) is 0.905. The van der Waals surface area contributed by atoms with Crippen LogP contribution in [-0.2, 0) is 0 Å². The minimum absolute atomic E-state index is 0.00475. The molecule has 4 nitrogen and oxygen atoms in total. The number of carbonyl (C=O) groups excluding carboxylic acids is 1. The summed E-state index contributed by atoms with van der Waals surface area (Å²) in [5, 5.41) is 10.5. The van der Waals surface area contributed by atoms with Crippen molar-refractivity contribution in [1.29, 1.82) is 0 Å². The molecule has 2 aliphatic rings. The van der Waals surface area contributed by atoms with E-state index in [0.29, 0.717) is 29.8 Å². The maximum Gasteiger partial charge on any atom is 0.254 e. The predicted molar refractivity (Wildman–Crippen MR) is 103 cm³/mol. The van der Waals surface area contributed by atoms with E-state index in [9.17, 15) is 14.3 Å². The number of rotatable bonds is 3. The summed E-state index contributed by atoms with van der Waals surface area (Å²) in [6.45, 7) is 2.81. The number of likely N-dealkylation sites (tertiary alicyclic amines) is 2. The van der Waals surface area contributed by atoms with Crippen LogP contribution in [0.25, 0.3) is 11.1 Å². The van der Waals surface area contributed by atoms with Gasteiger partial charge in [0.05, 0.1) is 12.1 Å². The average Bonchev–Trinajstić information content (AvgIpc) is 3.10. The van der Waals surface area contributed by atoms with Gasteiger partial charge in [0.1, 0.15) is 5.82 Å². The number of nitrogens with zero attached hydrogens (tertiary/aromatic N) is 2. The average molecular weight is 368 g/mol. The zero-order chi connectivity index (χ0) is 18.8. The zero-order valence-corrected chi connectivity index (χ0v) is 15.4. The molecule has 2 aliphatic heterocycles. The molecular formula is C22H25FN2O2. The van der Waals surface area contributed by atoms with E-state index in [2.05, 4.69) is 4.90 Å². The van der Waals surface area contributed by atoms with Gasteiger partial charge < -0.3 is 10.0 Å². The maximum absolute atomic E-state index is 14.3. The van der Waals surface area contributed by atoms with Gasteiger partial charge in [-0.25, -0.2) is 4.39 Å². The Morgan fingerprint density at radius 2 is 1.59 bits per heavy atom. The van der Waals surface area contributed by atoms with Gasteiger partial charge in [-0.3, -0.25) is 9.69 Å². The number of aliphatic hydroxyl groups excluding tert-OH is 1. The molecule has 2 aromatic carbocycles. The first-order valence-corrected chi connectivity index (χ1v) is 9.70. The molecule has 142 valence electrons. The Morgan fingerprint density at radius 3 is 2.33 bits per heavy atom. The molecule has 27 heavy (non-hydrogen) atoms. The van der Waals surface area contributed by atoms with E-state index in [4.69, 9.17) is 0 Å². The third-order valence-electron chi connectivity index (χ3n) is 5.73. The number of piperidine rings is 1. The number of carbonyl (C=O) groups is 1. The minimum Gasteiger partial charge on any atom is -0.390 e. The van der Waals surface area contributed by atoms with Crippen molar-refractivity contribution in [3.8, 4) is 11.1 Å². The Kier molecular flexibility index (Phi) is 5.23. The molecular weight excluding hydrogens is 343 g/mol. The van der Waals surface area contributed by atoms with Crippen LogP contribution in [0.1, 0.15) is 29.6 Å². The van der Waals surface area contributed by atoms with Gasteiger partial charge in [0.15, 0.2) is 0 Å². The van der Waals surface area contributed by atoms with Crippen LogP contribution in [0.2, 0.25) is 0 Å². The SMILES string of the molecule is O=C(c1ccccc1-c1ccccc1F)N1C[C@H](O)[C@@H](N2CCCCC2)C1. The highest BCUT2D eigenvalue weighted by atomic mass is 19.1. The van der Waals surface area contributed by atoms with Crippen molar-refractivity contribution in [1.82, 2.24) is 9.80 Å². The topological polar surface area (TPSA) is 43.8 Å². The van der Waals surface area contributed by atoms with Crippen LogP contribution in [0, 0.1) is 5.82 Å². The molecule has 2 atom stereocenters. The van der Waals surface area contributed by atoms with Crippen molar-refractivity contribution in [2.75, 3.05) is 26.2 Å². The molecule has 5 heteroatoms. The monoisotopic (exact) mass is 368 g/mol. The maximum atomic E-state index is 14.3. The van der Waals surface area contributed by atoms with Crippen LogP contribution in [0.15, 0.2) is 48.5 Å². The zero-order valence-electron chi connectivity index (χ0n) is 15.4. The first kappa shape index (κ1) is 18.1. The molecule has 0 radical (unpaired) electrons. The molecule has 2 heterocycles. The lowest BCUT2D eigenvalue weighted by atomic mass is 9.98. The van der Waals surface area contributed by atoms with E-state index in [0.717, 1.165) is 25.9 Å². The van der Waals surface area contributed by atoms with E-state index in [1.165, 1.54) is 12.5 Å². The van der Waals surface area contributed by atoms with Crippen molar-refractivity contribution in [3.05, 3.63) is 59.9 Å². The van der Waals surface area contributed by atoms with Crippen molar-refractivity contribution in [3.63, 3.8) is 0 Å². The lowest BCUT2D eigenvalue weighted by Crippen LogP contribution is -2.46. The molecule has 1 N–H and O–H groups in total. The van der Waals surface area contributed by atoms with Crippen LogP contribution in [0.5, 0.6) is 0 Å². The second kappa shape index (κ2) is 7.79.